The van der Waals surface area contributed by atoms with Gasteiger partial charge in [-0.25, -0.2) is 0 Å². The Morgan fingerprint density at radius 2 is 1.78 bits per heavy atom. The Bertz CT molecular complexity index is 1100. The maximum atomic E-state index is 12.8. The van der Waals surface area contributed by atoms with Crippen molar-refractivity contribution in [2.24, 2.45) is 0 Å². The van der Waals surface area contributed by atoms with E-state index in [4.69, 9.17) is 4.74 Å². The van der Waals surface area contributed by atoms with Gasteiger partial charge in [0, 0.05) is 31.6 Å². The van der Waals surface area contributed by atoms with E-state index < -0.39 is 0 Å². The zero-order valence-corrected chi connectivity index (χ0v) is 20.0. The van der Waals surface area contributed by atoms with E-state index in [1.807, 2.05) is 9.47 Å². The van der Waals surface area contributed by atoms with Gasteiger partial charge in [0.2, 0.25) is 5.91 Å². The van der Waals surface area contributed by atoms with E-state index in [0.717, 1.165) is 48.1 Å². The molecule has 0 spiro atoms. The largest absolute Gasteiger partial charge is 0.490 e. The number of benzene rings is 2. The van der Waals surface area contributed by atoms with Crippen LogP contribution in [0.15, 0.2) is 47.9 Å². The smallest absolute Gasteiger partial charge is 0.233 e. The molecule has 1 aliphatic rings. The molecule has 0 radical (unpaired) electrons. The number of piperidine rings is 1. The van der Waals surface area contributed by atoms with Gasteiger partial charge in [0.15, 0.2) is 5.16 Å². The van der Waals surface area contributed by atoms with Gasteiger partial charge in [0.1, 0.15) is 18.2 Å². The van der Waals surface area contributed by atoms with Gasteiger partial charge in [0.25, 0.3) is 0 Å². The van der Waals surface area contributed by atoms with E-state index in [1.165, 1.54) is 28.5 Å². The van der Waals surface area contributed by atoms with Crippen molar-refractivity contribution in [2.45, 2.75) is 51.8 Å². The van der Waals surface area contributed by atoms with Crippen LogP contribution < -0.4 is 4.74 Å². The molecule has 7 heteroatoms. The van der Waals surface area contributed by atoms with Crippen LogP contribution in [-0.4, -0.2) is 50.5 Å². The van der Waals surface area contributed by atoms with Gasteiger partial charge in [-0.15, -0.1) is 10.2 Å². The molecule has 3 aromatic rings. The topological polar surface area (TPSA) is 60.2 Å². The molecule has 4 rings (SSSR count). The summed E-state index contributed by atoms with van der Waals surface area (Å²) in [6, 6.07) is 12.5. The standard InChI is InChI=1S/C25H30N4O2S/c1-17-5-6-19(3)23(13-17)31-22-9-11-28(12-10-22)24(30)15-32-25-27-26-16-29(25)21-8-7-18(2)20(4)14-21/h5-8,13-14,16,22H,9-12,15H2,1-4H3. The Kier molecular flexibility index (Phi) is 6.84. The molecule has 1 saturated heterocycles. The first-order valence-electron chi connectivity index (χ1n) is 11.0. The predicted molar refractivity (Wildman–Crippen MR) is 128 cm³/mol. The molecular formula is C25H30N4O2S. The van der Waals surface area contributed by atoms with Crippen LogP contribution in [0, 0.1) is 27.7 Å². The van der Waals surface area contributed by atoms with E-state index in [2.05, 4.69) is 74.3 Å². The van der Waals surface area contributed by atoms with Crippen molar-refractivity contribution < 1.29 is 9.53 Å². The number of thioether (sulfide) groups is 1. The second-order valence-corrected chi connectivity index (χ2v) is 9.45. The molecule has 0 unspecified atom stereocenters. The highest BCUT2D eigenvalue weighted by Gasteiger charge is 2.25. The summed E-state index contributed by atoms with van der Waals surface area (Å²) in [6.07, 6.45) is 3.55. The lowest BCUT2D eigenvalue weighted by Crippen LogP contribution is -2.42. The Balaban J connectivity index is 1.30. The van der Waals surface area contributed by atoms with Crippen molar-refractivity contribution in [3.63, 3.8) is 0 Å². The fourth-order valence-corrected chi connectivity index (χ4v) is 4.66. The van der Waals surface area contributed by atoms with Gasteiger partial charge in [-0.3, -0.25) is 9.36 Å². The summed E-state index contributed by atoms with van der Waals surface area (Å²) in [7, 11) is 0. The number of rotatable bonds is 6. The van der Waals surface area contributed by atoms with Crippen LogP contribution in [0.5, 0.6) is 5.75 Å². The molecule has 0 atom stereocenters. The maximum absolute atomic E-state index is 12.8. The molecule has 1 aromatic heterocycles. The zero-order valence-electron chi connectivity index (χ0n) is 19.2. The maximum Gasteiger partial charge on any atom is 0.233 e. The van der Waals surface area contributed by atoms with Crippen molar-refractivity contribution in [1.82, 2.24) is 19.7 Å². The number of aromatic nitrogens is 3. The zero-order chi connectivity index (χ0) is 22.7. The van der Waals surface area contributed by atoms with Gasteiger partial charge in [0.05, 0.1) is 5.75 Å². The third-order valence-corrected chi connectivity index (χ3v) is 6.97. The summed E-state index contributed by atoms with van der Waals surface area (Å²) in [5.74, 6) is 1.44. The number of carbonyl (C=O) groups excluding carboxylic acids is 1. The van der Waals surface area contributed by atoms with E-state index in [-0.39, 0.29) is 12.0 Å². The summed E-state index contributed by atoms with van der Waals surface area (Å²) in [5.41, 5.74) is 5.82. The second kappa shape index (κ2) is 9.77. The predicted octanol–water partition coefficient (Wildman–Crippen LogP) is 4.66. The van der Waals surface area contributed by atoms with E-state index >= 15 is 0 Å². The van der Waals surface area contributed by atoms with E-state index in [0.29, 0.717) is 5.75 Å². The summed E-state index contributed by atoms with van der Waals surface area (Å²) in [5, 5.41) is 9.01. The van der Waals surface area contributed by atoms with Gasteiger partial charge >= 0.3 is 0 Å². The summed E-state index contributed by atoms with van der Waals surface area (Å²) < 4.78 is 8.17. The van der Waals surface area contributed by atoms with Gasteiger partial charge < -0.3 is 9.64 Å². The Labute approximate surface area is 194 Å². The molecule has 1 aliphatic heterocycles. The Morgan fingerprint density at radius 3 is 2.53 bits per heavy atom. The SMILES string of the molecule is Cc1ccc(C)c(OC2CCN(C(=O)CSc3nncn3-c3ccc(C)c(C)c3)CC2)c1. The first-order chi connectivity index (χ1) is 15.4. The highest BCUT2D eigenvalue weighted by atomic mass is 32.2. The molecule has 2 aromatic carbocycles. The molecule has 0 N–H and O–H groups in total. The van der Waals surface area contributed by atoms with Crippen LogP contribution in [0.4, 0.5) is 0 Å². The number of nitrogens with zero attached hydrogens (tertiary/aromatic N) is 4. The number of carbonyl (C=O) groups is 1. The molecule has 32 heavy (non-hydrogen) atoms. The Hall–Kier alpha value is -2.80. The lowest BCUT2D eigenvalue weighted by molar-refractivity contribution is -0.130. The monoisotopic (exact) mass is 450 g/mol. The van der Waals surface area contributed by atoms with E-state index in [9.17, 15) is 4.79 Å². The quantitative estimate of drug-likeness (QED) is 0.511. The number of ether oxygens (including phenoxy) is 1. The number of hydrogen-bond donors (Lipinski definition) is 0. The first kappa shape index (κ1) is 22.4. The third-order valence-electron chi connectivity index (χ3n) is 6.04. The lowest BCUT2D eigenvalue weighted by Gasteiger charge is -2.32. The average Bonchev–Trinajstić information content (AvgIpc) is 3.25. The van der Waals surface area contributed by atoms with Crippen molar-refractivity contribution in [3.8, 4) is 11.4 Å². The summed E-state index contributed by atoms with van der Waals surface area (Å²) in [4.78, 5) is 14.7. The van der Waals surface area contributed by atoms with Crippen LogP contribution in [-0.2, 0) is 4.79 Å². The van der Waals surface area contributed by atoms with Gasteiger partial charge in [-0.1, -0.05) is 30.0 Å². The minimum atomic E-state index is 0.134. The fraction of sp³-hybridized carbons (Fsp3) is 0.400. The Morgan fingerprint density at radius 1 is 1.03 bits per heavy atom. The number of hydrogen-bond acceptors (Lipinski definition) is 5. The molecule has 2 heterocycles. The molecule has 0 bridgehead atoms. The molecule has 168 valence electrons. The van der Waals surface area contributed by atoms with Crippen molar-refractivity contribution in [3.05, 3.63) is 65.0 Å². The number of likely N-dealkylation sites (tertiary alicyclic amines) is 1. The normalized spacial score (nSPS) is 14.6. The lowest BCUT2D eigenvalue weighted by atomic mass is 10.1. The van der Waals surface area contributed by atoms with Crippen LogP contribution in [0.3, 0.4) is 0 Å². The number of aryl methyl sites for hydroxylation is 4. The number of amides is 1. The van der Waals surface area contributed by atoms with Gasteiger partial charge in [-0.2, -0.15) is 0 Å². The van der Waals surface area contributed by atoms with Crippen LogP contribution >= 0.6 is 11.8 Å². The van der Waals surface area contributed by atoms with Crippen molar-refractivity contribution in [2.75, 3.05) is 18.8 Å². The highest BCUT2D eigenvalue weighted by molar-refractivity contribution is 7.99. The highest BCUT2D eigenvalue weighted by Crippen LogP contribution is 2.25. The van der Waals surface area contributed by atoms with Gasteiger partial charge in [-0.05, 0) is 68.1 Å². The summed E-state index contributed by atoms with van der Waals surface area (Å²) >= 11 is 1.43. The summed E-state index contributed by atoms with van der Waals surface area (Å²) in [6.45, 7) is 9.77. The second-order valence-electron chi connectivity index (χ2n) is 8.51. The third kappa shape index (κ3) is 5.15. The van der Waals surface area contributed by atoms with Crippen molar-refractivity contribution in [1.29, 1.82) is 0 Å². The fourth-order valence-electron chi connectivity index (χ4n) is 3.83. The minimum Gasteiger partial charge on any atom is -0.490 e. The molecule has 0 saturated carbocycles. The van der Waals surface area contributed by atoms with Crippen LogP contribution in [0.1, 0.15) is 35.1 Å². The van der Waals surface area contributed by atoms with Crippen LogP contribution in [0.25, 0.3) is 5.69 Å². The first-order valence-corrected chi connectivity index (χ1v) is 12.0. The van der Waals surface area contributed by atoms with Crippen LogP contribution in [0.2, 0.25) is 0 Å². The van der Waals surface area contributed by atoms with Crippen molar-refractivity contribution >= 4 is 17.7 Å². The molecular weight excluding hydrogens is 420 g/mol. The van der Waals surface area contributed by atoms with E-state index in [1.54, 1.807) is 6.33 Å². The average molecular weight is 451 g/mol. The molecule has 1 amide bonds. The minimum absolute atomic E-state index is 0.134. The molecule has 1 fully saturated rings. The molecule has 6 nitrogen and oxygen atoms in total. The molecule has 0 aliphatic carbocycles.